The van der Waals surface area contributed by atoms with E-state index in [0.29, 0.717) is 17.6 Å². The number of carbonyl (C=O) groups is 1. The van der Waals surface area contributed by atoms with Crippen molar-refractivity contribution in [3.63, 3.8) is 0 Å². The Morgan fingerprint density at radius 1 is 1.13 bits per heavy atom. The third-order valence-electron chi connectivity index (χ3n) is 5.22. The minimum absolute atomic E-state index is 0.342. The molecule has 3 aromatic heterocycles. The molecule has 0 fully saturated rings. The summed E-state index contributed by atoms with van der Waals surface area (Å²) < 4.78 is 1.24. The summed E-state index contributed by atoms with van der Waals surface area (Å²) in [6, 6.07) is 6.96. The monoisotopic (exact) mass is 472 g/mol. The van der Waals surface area contributed by atoms with Gasteiger partial charge in [-0.2, -0.15) is 0 Å². The third-order valence-corrected chi connectivity index (χ3v) is 8.18. The first-order valence-electron chi connectivity index (χ1n) is 10.3. The van der Waals surface area contributed by atoms with Gasteiger partial charge in [-0.05, 0) is 31.0 Å². The van der Waals surface area contributed by atoms with Gasteiger partial charge in [0.2, 0.25) is 11.5 Å². The first-order chi connectivity index (χ1) is 15.2. The van der Waals surface area contributed by atoms with Crippen LogP contribution in [0.2, 0.25) is 0 Å². The molecule has 0 radical (unpaired) electrons. The molecule has 1 unspecified atom stereocenters. The molecule has 1 amide bonds. The molecule has 7 nitrogen and oxygen atoms in total. The number of benzene rings is 1. The van der Waals surface area contributed by atoms with Gasteiger partial charge in [0.05, 0.1) is 21.4 Å². The standard InChI is InChI=1S/C19H18N6OS3.C2H6/c1-11(12-2-3-15-14(8-12)21-10-27-15)25-6-4-13-16(5-7-25)28-17(22-13)18-23-24-19(29-18)20-9-26;1-2/h2-3,8-11H,4-7H2,1H3,(H,20,24,26);1-2H3. The molecule has 10 heteroatoms. The zero-order chi connectivity index (χ0) is 21.8. The van der Waals surface area contributed by atoms with Crippen LogP contribution in [0.25, 0.3) is 20.2 Å². The molecular formula is C21H24N6OS3. The van der Waals surface area contributed by atoms with Gasteiger partial charge >= 0.3 is 0 Å². The average Bonchev–Trinajstić information content (AvgIpc) is 3.52. The van der Waals surface area contributed by atoms with Crippen molar-refractivity contribution in [2.75, 3.05) is 18.4 Å². The summed E-state index contributed by atoms with van der Waals surface area (Å²) in [5.74, 6) is 0. The molecule has 0 spiro atoms. The lowest BCUT2D eigenvalue weighted by atomic mass is 10.1. The Balaban J connectivity index is 0.00000112. The van der Waals surface area contributed by atoms with Crippen LogP contribution in [0, 0.1) is 0 Å². The van der Waals surface area contributed by atoms with Crippen LogP contribution in [0.4, 0.5) is 5.13 Å². The molecule has 1 N–H and O–H groups in total. The van der Waals surface area contributed by atoms with E-state index >= 15 is 0 Å². The van der Waals surface area contributed by atoms with E-state index in [1.165, 1.54) is 26.5 Å². The molecule has 162 valence electrons. The molecule has 1 aliphatic rings. The minimum atomic E-state index is 0.342. The molecule has 0 aliphatic carbocycles. The van der Waals surface area contributed by atoms with Gasteiger partial charge in [-0.1, -0.05) is 31.3 Å². The maximum Gasteiger partial charge on any atom is 0.213 e. The predicted octanol–water partition coefficient (Wildman–Crippen LogP) is 5.03. The van der Waals surface area contributed by atoms with Crippen molar-refractivity contribution in [2.24, 2.45) is 0 Å². The van der Waals surface area contributed by atoms with Crippen LogP contribution in [0.3, 0.4) is 0 Å². The first-order valence-corrected chi connectivity index (χ1v) is 12.8. The number of fused-ring (bicyclic) bond motifs is 2. The Hall–Kier alpha value is -2.27. The Morgan fingerprint density at radius 3 is 2.81 bits per heavy atom. The summed E-state index contributed by atoms with van der Waals surface area (Å²) in [6.07, 6.45) is 2.52. The molecule has 31 heavy (non-hydrogen) atoms. The summed E-state index contributed by atoms with van der Waals surface area (Å²) in [7, 11) is 0. The number of thiazole rings is 2. The smallest absolute Gasteiger partial charge is 0.213 e. The average molecular weight is 473 g/mol. The fraction of sp³-hybridized carbons (Fsp3) is 0.381. The highest BCUT2D eigenvalue weighted by Gasteiger charge is 2.24. The lowest BCUT2D eigenvalue weighted by Crippen LogP contribution is -2.29. The molecule has 1 atom stereocenters. The number of hydrogen-bond acceptors (Lipinski definition) is 9. The van der Waals surface area contributed by atoms with E-state index in [1.807, 2.05) is 19.4 Å². The topological polar surface area (TPSA) is 83.9 Å². The van der Waals surface area contributed by atoms with E-state index in [4.69, 9.17) is 4.98 Å². The van der Waals surface area contributed by atoms with Crippen LogP contribution in [0.15, 0.2) is 23.7 Å². The highest BCUT2D eigenvalue weighted by molar-refractivity contribution is 7.23. The van der Waals surface area contributed by atoms with Crippen molar-refractivity contribution in [3.8, 4) is 10.0 Å². The molecular weight excluding hydrogens is 448 g/mol. The number of aromatic nitrogens is 4. The number of nitrogens with zero attached hydrogens (tertiary/aromatic N) is 5. The predicted molar refractivity (Wildman–Crippen MR) is 129 cm³/mol. The number of nitrogens with one attached hydrogen (secondary N) is 1. The number of anilines is 1. The second kappa shape index (κ2) is 9.90. The molecule has 4 aromatic rings. The number of amides is 1. The fourth-order valence-corrected chi connectivity index (χ4v) is 6.09. The van der Waals surface area contributed by atoms with Gasteiger partial charge in [-0.3, -0.25) is 9.69 Å². The molecule has 4 heterocycles. The lowest BCUT2D eigenvalue weighted by molar-refractivity contribution is -0.105. The SMILES string of the molecule is CC.CC(c1ccc2scnc2c1)N1CCc2nc(-c3nnc(NC=O)s3)sc2CC1. The van der Waals surface area contributed by atoms with E-state index in [2.05, 4.69) is 50.5 Å². The van der Waals surface area contributed by atoms with Gasteiger partial charge in [-0.25, -0.2) is 9.97 Å². The number of carbonyl (C=O) groups excluding carboxylic acids is 1. The van der Waals surface area contributed by atoms with Crippen LogP contribution in [0.5, 0.6) is 0 Å². The molecule has 0 saturated heterocycles. The van der Waals surface area contributed by atoms with Gasteiger partial charge in [0.25, 0.3) is 0 Å². The maximum atomic E-state index is 10.6. The first kappa shape index (κ1) is 21.9. The number of rotatable bonds is 5. The van der Waals surface area contributed by atoms with Gasteiger partial charge in [0.15, 0.2) is 10.0 Å². The van der Waals surface area contributed by atoms with Crippen molar-refractivity contribution in [1.82, 2.24) is 25.1 Å². The largest absolute Gasteiger partial charge is 0.303 e. The molecule has 0 bridgehead atoms. The Bertz CT molecular complexity index is 1140. The highest BCUT2D eigenvalue weighted by atomic mass is 32.1. The van der Waals surface area contributed by atoms with E-state index in [1.54, 1.807) is 22.7 Å². The van der Waals surface area contributed by atoms with Gasteiger partial charge < -0.3 is 5.32 Å². The summed E-state index contributed by atoms with van der Waals surface area (Å²) in [5, 5.41) is 12.8. The quantitative estimate of drug-likeness (QED) is 0.410. The van der Waals surface area contributed by atoms with Crippen LogP contribution in [-0.2, 0) is 17.6 Å². The van der Waals surface area contributed by atoms with Gasteiger partial charge in [0, 0.05) is 30.4 Å². The van der Waals surface area contributed by atoms with Crippen molar-refractivity contribution in [3.05, 3.63) is 39.8 Å². The van der Waals surface area contributed by atoms with Gasteiger partial charge in [0.1, 0.15) is 0 Å². The second-order valence-electron chi connectivity index (χ2n) is 6.85. The van der Waals surface area contributed by atoms with Crippen LogP contribution < -0.4 is 5.32 Å². The maximum absolute atomic E-state index is 10.6. The molecule has 5 rings (SSSR count). The van der Waals surface area contributed by atoms with Crippen molar-refractivity contribution < 1.29 is 4.79 Å². The Morgan fingerprint density at radius 2 is 1.97 bits per heavy atom. The Kier molecular flexibility index (Phi) is 7.01. The fourth-order valence-electron chi connectivity index (χ4n) is 3.62. The molecule has 1 aromatic carbocycles. The molecule has 1 aliphatic heterocycles. The summed E-state index contributed by atoms with van der Waals surface area (Å²) in [5.41, 5.74) is 5.46. The lowest BCUT2D eigenvalue weighted by Gasteiger charge is -2.27. The van der Waals surface area contributed by atoms with Crippen LogP contribution in [0.1, 0.15) is 42.9 Å². The van der Waals surface area contributed by atoms with Crippen molar-refractivity contribution in [2.45, 2.75) is 39.7 Å². The van der Waals surface area contributed by atoms with Crippen molar-refractivity contribution >= 4 is 55.8 Å². The highest BCUT2D eigenvalue weighted by Crippen LogP contribution is 2.34. The Labute approximate surface area is 193 Å². The summed E-state index contributed by atoms with van der Waals surface area (Å²) in [4.78, 5) is 23.7. The zero-order valence-electron chi connectivity index (χ0n) is 17.7. The number of hydrogen-bond donors (Lipinski definition) is 1. The van der Waals surface area contributed by atoms with E-state index in [0.717, 1.165) is 47.2 Å². The minimum Gasteiger partial charge on any atom is -0.303 e. The summed E-state index contributed by atoms with van der Waals surface area (Å²) >= 11 is 4.72. The van der Waals surface area contributed by atoms with E-state index < -0.39 is 0 Å². The summed E-state index contributed by atoms with van der Waals surface area (Å²) in [6.45, 7) is 8.24. The van der Waals surface area contributed by atoms with E-state index in [-0.39, 0.29) is 0 Å². The molecule has 0 saturated carbocycles. The third kappa shape index (κ3) is 4.67. The normalized spacial score (nSPS) is 14.9. The van der Waals surface area contributed by atoms with Crippen LogP contribution in [-0.4, -0.2) is 44.6 Å². The van der Waals surface area contributed by atoms with Gasteiger partial charge in [-0.15, -0.1) is 32.9 Å². The second-order valence-corrected chi connectivity index (χ2v) is 9.80. The zero-order valence-corrected chi connectivity index (χ0v) is 20.1. The van der Waals surface area contributed by atoms with E-state index in [9.17, 15) is 4.79 Å². The van der Waals surface area contributed by atoms with Crippen molar-refractivity contribution in [1.29, 1.82) is 0 Å². The van der Waals surface area contributed by atoms with Crippen LogP contribution >= 0.6 is 34.0 Å².